The average Bonchev–Trinajstić information content (AvgIpc) is 3.37. The summed E-state index contributed by atoms with van der Waals surface area (Å²) >= 11 is 5.78. The molecule has 0 atom stereocenters. The molecule has 164 valence electrons. The highest BCUT2D eigenvalue weighted by Crippen LogP contribution is 2.33. The topological polar surface area (TPSA) is 116 Å². The normalized spacial score (nSPS) is 11.3. The molecule has 1 amide bonds. The van der Waals surface area contributed by atoms with Crippen LogP contribution in [0, 0.1) is 17.0 Å². The Kier molecular flexibility index (Phi) is 5.57. The second-order valence-corrected chi connectivity index (χ2v) is 7.22. The number of rotatable bonds is 6. The maximum absolute atomic E-state index is 13.8. The van der Waals surface area contributed by atoms with Crippen molar-refractivity contribution in [3.8, 4) is 11.5 Å². The van der Waals surface area contributed by atoms with Crippen LogP contribution in [0.25, 0.3) is 22.5 Å². The minimum atomic E-state index is -2.81. The smallest absolute Gasteiger partial charge is 0.294 e. The van der Waals surface area contributed by atoms with Crippen LogP contribution >= 0.6 is 11.6 Å². The van der Waals surface area contributed by atoms with Crippen LogP contribution in [0.3, 0.4) is 0 Å². The number of furan rings is 1. The summed E-state index contributed by atoms with van der Waals surface area (Å²) in [5.41, 5.74) is -0.251. The Morgan fingerprint density at radius 3 is 2.78 bits per heavy atom. The number of halogens is 3. The minimum Gasteiger partial charge on any atom is -0.463 e. The van der Waals surface area contributed by atoms with Crippen molar-refractivity contribution < 1.29 is 22.9 Å². The Bertz CT molecular complexity index is 1340. The molecule has 0 unspecified atom stereocenters. The van der Waals surface area contributed by atoms with Crippen LogP contribution in [0.4, 0.5) is 20.2 Å². The van der Waals surface area contributed by atoms with Crippen LogP contribution < -0.4 is 5.32 Å². The molecule has 0 aliphatic carbocycles. The van der Waals surface area contributed by atoms with Gasteiger partial charge in [0.15, 0.2) is 11.4 Å². The van der Waals surface area contributed by atoms with Gasteiger partial charge < -0.3 is 9.73 Å². The van der Waals surface area contributed by atoms with Crippen molar-refractivity contribution in [2.75, 3.05) is 5.32 Å². The molecule has 12 heteroatoms. The third-order valence-electron chi connectivity index (χ3n) is 4.64. The number of alkyl halides is 2. The fourth-order valence-electron chi connectivity index (χ4n) is 3.31. The number of nitrogens with one attached hydrogen (secondary N) is 1. The first-order valence-electron chi connectivity index (χ1n) is 9.18. The number of fused-ring (bicyclic) bond motifs is 1. The molecule has 0 aliphatic heterocycles. The van der Waals surface area contributed by atoms with Gasteiger partial charge in [0.05, 0.1) is 22.3 Å². The standard InChI is InChI=1S/C20H14ClF2N5O4/c1-10-18-12(19(22)23)8-14(16-3-2-6-32-16)25-20(18)27(26-10)9-17(29)24-13-5-4-11(21)7-15(13)28(30)31/h2-8,19H,9H2,1H3,(H,24,29). The van der Waals surface area contributed by atoms with Gasteiger partial charge in [-0.3, -0.25) is 14.9 Å². The highest BCUT2D eigenvalue weighted by Gasteiger charge is 2.23. The first-order chi connectivity index (χ1) is 15.2. The Labute approximate surface area is 183 Å². The van der Waals surface area contributed by atoms with Crippen molar-refractivity contribution in [1.82, 2.24) is 14.8 Å². The van der Waals surface area contributed by atoms with E-state index in [1.54, 1.807) is 12.1 Å². The van der Waals surface area contributed by atoms with Crippen LogP contribution in [0.2, 0.25) is 5.02 Å². The molecule has 0 radical (unpaired) electrons. The molecule has 4 aromatic rings. The van der Waals surface area contributed by atoms with E-state index in [2.05, 4.69) is 15.4 Å². The van der Waals surface area contributed by atoms with E-state index in [1.807, 2.05) is 0 Å². The summed E-state index contributed by atoms with van der Waals surface area (Å²) < 4.78 is 34.0. The number of aromatic nitrogens is 3. The molecule has 3 heterocycles. The van der Waals surface area contributed by atoms with Gasteiger partial charge in [0, 0.05) is 16.7 Å². The molecule has 4 rings (SSSR count). The van der Waals surface area contributed by atoms with Gasteiger partial charge in [-0.2, -0.15) is 5.10 Å². The van der Waals surface area contributed by atoms with Gasteiger partial charge in [-0.05, 0) is 37.3 Å². The number of pyridine rings is 1. The third kappa shape index (κ3) is 4.02. The quantitative estimate of drug-likeness (QED) is 0.314. The van der Waals surface area contributed by atoms with E-state index in [0.29, 0.717) is 0 Å². The van der Waals surface area contributed by atoms with Gasteiger partial charge in [-0.25, -0.2) is 18.4 Å². The lowest BCUT2D eigenvalue weighted by atomic mass is 10.1. The first-order valence-corrected chi connectivity index (χ1v) is 9.56. The molecule has 0 saturated heterocycles. The van der Waals surface area contributed by atoms with E-state index in [1.165, 1.54) is 36.1 Å². The predicted octanol–water partition coefficient (Wildman–Crippen LogP) is 5.14. The number of amides is 1. The molecule has 0 saturated carbocycles. The Balaban J connectivity index is 1.72. The number of carbonyl (C=O) groups excluding carboxylic acids is 1. The number of benzene rings is 1. The van der Waals surface area contributed by atoms with Crippen molar-refractivity contribution in [3.63, 3.8) is 0 Å². The number of anilines is 1. The molecule has 1 aromatic carbocycles. The van der Waals surface area contributed by atoms with Crippen molar-refractivity contribution >= 4 is 39.9 Å². The van der Waals surface area contributed by atoms with Crippen LogP contribution in [0.15, 0.2) is 47.1 Å². The fraction of sp³-hybridized carbons (Fsp3) is 0.150. The molecule has 0 fully saturated rings. The molecular formula is C20H14ClF2N5O4. The Morgan fingerprint density at radius 2 is 2.12 bits per heavy atom. The number of hydrogen-bond acceptors (Lipinski definition) is 6. The molecule has 9 nitrogen and oxygen atoms in total. The maximum Gasteiger partial charge on any atom is 0.294 e. The molecule has 0 aliphatic rings. The third-order valence-corrected chi connectivity index (χ3v) is 4.88. The fourth-order valence-corrected chi connectivity index (χ4v) is 3.47. The van der Waals surface area contributed by atoms with E-state index >= 15 is 0 Å². The van der Waals surface area contributed by atoms with E-state index in [4.69, 9.17) is 16.0 Å². The highest BCUT2D eigenvalue weighted by molar-refractivity contribution is 6.31. The lowest BCUT2D eigenvalue weighted by molar-refractivity contribution is -0.383. The number of aryl methyl sites for hydroxylation is 1. The van der Waals surface area contributed by atoms with Gasteiger partial charge in [0.25, 0.3) is 12.1 Å². The monoisotopic (exact) mass is 461 g/mol. The number of carbonyl (C=O) groups is 1. The molecule has 0 spiro atoms. The van der Waals surface area contributed by atoms with Crippen LogP contribution in [0.5, 0.6) is 0 Å². The molecule has 0 bridgehead atoms. The first kappa shape index (κ1) is 21.4. The lowest BCUT2D eigenvalue weighted by Gasteiger charge is -2.09. The SMILES string of the molecule is Cc1nn(CC(=O)Nc2ccc(Cl)cc2[N+](=O)[O-])c2nc(-c3ccco3)cc(C(F)F)c12. The maximum atomic E-state index is 13.8. The molecule has 3 aromatic heterocycles. The summed E-state index contributed by atoms with van der Waals surface area (Å²) in [6.07, 6.45) is -1.42. The van der Waals surface area contributed by atoms with Gasteiger partial charge in [-0.1, -0.05) is 11.6 Å². The summed E-state index contributed by atoms with van der Waals surface area (Å²) in [6, 6.07) is 8.19. The van der Waals surface area contributed by atoms with Gasteiger partial charge in [-0.15, -0.1) is 0 Å². The van der Waals surface area contributed by atoms with Crippen molar-refractivity contribution in [2.45, 2.75) is 19.9 Å². The summed E-state index contributed by atoms with van der Waals surface area (Å²) in [7, 11) is 0. The second-order valence-electron chi connectivity index (χ2n) is 6.78. The van der Waals surface area contributed by atoms with E-state index in [0.717, 1.165) is 6.07 Å². The summed E-state index contributed by atoms with van der Waals surface area (Å²) in [4.78, 5) is 27.5. The zero-order valence-electron chi connectivity index (χ0n) is 16.4. The summed E-state index contributed by atoms with van der Waals surface area (Å²) in [6.45, 7) is 1.11. The van der Waals surface area contributed by atoms with Crippen molar-refractivity contribution in [3.05, 3.63) is 69.1 Å². The number of nitro benzene ring substituents is 1. The minimum absolute atomic E-state index is 0.0601. The number of nitrogens with zero attached hydrogens (tertiary/aromatic N) is 4. The molecule has 32 heavy (non-hydrogen) atoms. The van der Waals surface area contributed by atoms with Crippen LogP contribution in [-0.4, -0.2) is 25.6 Å². The largest absolute Gasteiger partial charge is 0.463 e. The zero-order chi connectivity index (χ0) is 23.0. The average molecular weight is 462 g/mol. The Morgan fingerprint density at radius 1 is 1.34 bits per heavy atom. The van der Waals surface area contributed by atoms with E-state index < -0.39 is 23.8 Å². The zero-order valence-corrected chi connectivity index (χ0v) is 17.1. The van der Waals surface area contributed by atoms with Gasteiger partial charge in [0.2, 0.25) is 5.91 Å². The van der Waals surface area contributed by atoms with Crippen molar-refractivity contribution in [2.24, 2.45) is 0 Å². The second kappa shape index (κ2) is 8.35. The number of hydrogen-bond donors (Lipinski definition) is 1. The lowest BCUT2D eigenvalue weighted by Crippen LogP contribution is -2.20. The van der Waals surface area contributed by atoms with Crippen molar-refractivity contribution in [1.29, 1.82) is 0 Å². The molecular weight excluding hydrogens is 448 g/mol. The van der Waals surface area contributed by atoms with Gasteiger partial charge in [0.1, 0.15) is 17.9 Å². The Hall–Kier alpha value is -3.86. The number of nitro groups is 1. The van der Waals surface area contributed by atoms with E-state index in [-0.39, 0.29) is 50.1 Å². The predicted molar refractivity (Wildman–Crippen MR) is 112 cm³/mol. The van der Waals surface area contributed by atoms with E-state index in [9.17, 15) is 23.7 Å². The summed E-state index contributed by atoms with van der Waals surface area (Å²) in [5, 5.41) is 18.1. The molecule has 1 N–H and O–H groups in total. The highest BCUT2D eigenvalue weighted by atomic mass is 35.5. The summed E-state index contributed by atoms with van der Waals surface area (Å²) in [5.74, 6) is -0.385. The van der Waals surface area contributed by atoms with Crippen LogP contribution in [0.1, 0.15) is 17.7 Å². The van der Waals surface area contributed by atoms with Gasteiger partial charge >= 0.3 is 0 Å². The van der Waals surface area contributed by atoms with Crippen LogP contribution in [-0.2, 0) is 11.3 Å².